The third kappa shape index (κ3) is 2.54. The van der Waals surface area contributed by atoms with E-state index in [1.54, 1.807) is 0 Å². The zero-order valence-electron chi connectivity index (χ0n) is 11.1. The molecule has 2 rings (SSSR count). The molecule has 1 aliphatic carbocycles. The van der Waals surface area contributed by atoms with Gasteiger partial charge in [-0.3, -0.25) is 0 Å². The Morgan fingerprint density at radius 3 is 2.59 bits per heavy atom. The summed E-state index contributed by atoms with van der Waals surface area (Å²) in [6.45, 7) is 8.78. The maximum atomic E-state index is 6.08. The quantitative estimate of drug-likeness (QED) is 0.755. The van der Waals surface area contributed by atoms with Crippen molar-refractivity contribution in [2.45, 2.75) is 46.0 Å². The van der Waals surface area contributed by atoms with Gasteiger partial charge in [-0.25, -0.2) is 0 Å². The van der Waals surface area contributed by atoms with E-state index in [0.717, 1.165) is 12.1 Å². The lowest BCUT2D eigenvalue weighted by molar-refractivity contribution is 0.348. The molecule has 1 aromatic carbocycles. The van der Waals surface area contributed by atoms with Gasteiger partial charge in [-0.1, -0.05) is 38.5 Å². The van der Waals surface area contributed by atoms with Crippen molar-refractivity contribution in [1.29, 1.82) is 0 Å². The van der Waals surface area contributed by atoms with Crippen LogP contribution in [-0.2, 0) is 0 Å². The highest BCUT2D eigenvalue weighted by atomic mass is 14.6. The molecule has 1 aliphatic rings. The molecule has 1 aromatic rings. The van der Waals surface area contributed by atoms with Gasteiger partial charge < -0.3 is 5.73 Å². The first kappa shape index (κ1) is 12.2. The van der Waals surface area contributed by atoms with E-state index in [9.17, 15) is 0 Å². The Morgan fingerprint density at radius 2 is 2.00 bits per heavy atom. The van der Waals surface area contributed by atoms with Crippen LogP contribution in [0.2, 0.25) is 0 Å². The van der Waals surface area contributed by atoms with E-state index in [-0.39, 0.29) is 0 Å². The average molecular weight is 229 g/mol. The Balaban J connectivity index is 2.20. The first-order valence-corrected chi connectivity index (χ1v) is 6.55. The van der Waals surface area contributed by atoms with Crippen LogP contribution >= 0.6 is 0 Å². The molecule has 0 unspecified atom stereocenters. The number of hydrogen-bond acceptors (Lipinski definition) is 1. The third-order valence-corrected chi connectivity index (χ3v) is 4.11. The summed E-state index contributed by atoms with van der Waals surface area (Å²) in [5.41, 5.74) is 11.0. The minimum absolute atomic E-state index is 0.450. The smallest absolute Gasteiger partial charge is 0.0392 e. The van der Waals surface area contributed by atoms with Crippen molar-refractivity contribution < 1.29 is 0 Å². The fourth-order valence-corrected chi connectivity index (χ4v) is 3.18. The number of rotatable bonds is 3. The molecule has 1 saturated carbocycles. The van der Waals surface area contributed by atoms with Gasteiger partial charge in [0.25, 0.3) is 0 Å². The number of allylic oxidation sites excluding steroid dienone is 1. The van der Waals surface area contributed by atoms with E-state index in [4.69, 9.17) is 5.73 Å². The molecule has 92 valence electrons. The van der Waals surface area contributed by atoms with Gasteiger partial charge in [0.05, 0.1) is 0 Å². The first-order valence-electron chi connectivity index (χ1n) is 6.55. The number of nitrogen functional groups attached to an aromatic ring is 1. The van der Waals surface area contributed by atoms with E-state index >= 15 is 0 Å². The SMILES string of the molecule is C=C(CC1(C)CCCC1)c1c(C)cccc1N. The molecule has 0 aromatic heterocycles. The van der Waals surface area contributed by atoms with Gasteiger partial charge in [0.2, 0.25) is 0 Å². The fraction of sp³-hybridized carbons (Fsp3) is 0.500. The predicted octanol–water partition coefficient (Wildman–Crippen LogP) is 4.56. The van der Waals surface area contributed by atoms with Crippen LogP contribution in [0.25, 0.3) is 5.57 Å². The van der Waals surface area contributed by atoms with Crippen molar-refractivity contribution in [2.75, 3.05) is 5.73 Å². The van der Waals surface area contributed by atoms with Gasteiger partial charge in [0.1, 0.15) is 0 Å². The van der Waals surface area contributed by atoms with Gasteiger partial charge in [-0.2, -0.15) is 0 Å². The summed E-state index contributed by atoms with van der Waals surface area (Å²) in [5, 5.41) is 0. The number of nitrogens with two attached hydrogens (primary N) is 1. The summed E-state index contributed by atoms with van der Waals surface area (Å²) >= 11 is 0. The highest BCUT2D eigenvalue weighted by Crippen LogP contribution is 2.45. The molecule has 0 amide bonds. The number of benzene rings is 1. The second kappa shape index (κ2) is 4.56. The molecule has 0 saturated heterocycles. The van der Waals surface area contributed by atoms with Crippen LogP contribution in [0, 0.1) is 12.3 Å². The number of anilines is 1. The summed E-state index contributed by atoms with van der Waals surface area (Å²) in [6.07, 6.45) is 6.48. The molecular weight excluding hydrogens is 206 g/mol. The van der Waals surface area contributed by atoms with Crippen molar-refractivity contribution in [2.24, 2.45) is 5.41 Å². The highest BCUT2D eigenvalue weighted by molar-refractivity contribution is 5.76. The zero-order chi connectivity index (χ0) is 12.5. The zero-order valence-corrected chi connectivity index (χ0v) is 11.1. The summed E-state index contributed by atoms with van der Waals surface area (Å²) in [4.78, 5) is 0. The minimum atomic E-state index is 0.450. The Morgan fingerprint density at radius 1 is 1.35 bits per heavy atom. The Bertz CT molecular complexity index is 405. The summed E-state index contributed by atoms with van der Waals surface area (Å²) in [7, 11) is 0. The molecule has 1 nitrogen and oxygen atoms in total. The topological polar surface area (TPSA) is 26.0 Å². The summed E-state index contributed by atoms with van der Waals surface area (Å²) in [5.74, 6) is 0. The largest absolute Gasteiger partial charge is 0.398 e. The molecule has 0 heterocycles. The van der Waals surface area contributed by atoms with E-state index in [2.05, 4.69) is 26.5 Å². The van der Waals surface area contributed by atoms with Crippen molar-refractivity contribution in [3.63, 3.8) is 0 Å². The summed E-state index contributed by atoms with van der Waals surface area (Å²) in [6, 6.07) is 6.11. The third-order valence-electron chi connectivity index (χ3n) is 4.11. The molecule has 1 heteroatoms. The fourth-order valence-electron chi connectivity index (χ4n) is 3.18. The number of aryl methyl sites for hydroxylation is 1. The molecular formula is C16H23N. The van der Waals surface area contributed by atoms with Crippen LogP contribution in [-0.4, -0.2) is 0 Å². The van der Waals surface area contributed by atoms with Crippen molar-refractivity contribution in [3.8, 4) is 0 Å². The lowest BCUT2D eigenvalue weighted by Gasteiger charge is -2.25. The van der Waals surface area contributed by atoms with E-state index in [1.165, 1.54) is 42.4 Å². The van der Waals surface area contributed by atoms with E-state index in [0.29, 0.717) is 5.41 Å². The van der Waals surface area contributed by atoms with Gasteiger partial charge in [0.15, 0.2) is 0 Å². The minimum Gasteiger partial charge on any atom is -0.398 e. The van der Waals surface area contributed by atoms with Gasteiger partial charge >= 0.3 is 0 Å². The Hall–Kier alpha value is -1.24. The van der Waals surface area contributed by atoms with Gasteiger partial charge in [-0.15, -0.1) is 0 Å². The molecule has 2 N–H and O–H groups in total. The lowest BCUT2D eigenvalue weighted by atomic mass is 9.80. The Kier molecular flexibility index (Phi) is 3.28. The normalized spacial score (nSPS) is 18.2. The highest BCUT2D eigenvalue weighted by Gasteiger charge is 2.29. The van der Waals surface area contributed by atoms with Crippen LogP contribution in [0.3, 0.4) is 0 Å². The summed E-state index contributed by atoms with van der Waals surface area (Å²) < 4.78 is 0. The Labute approximate surface area is 105 Å². The molecule has 0 radical (unpaired) electrons. The molecule has 1 fully saturated rings. The van der Waals surface area contributed by atoms with Crippen molar-refractivity contribution in [1.82, 2.24) is 0 Å². The van der Waals surface area contributed by atoms with Crippen LogP contribution in [0.1, 0.15) is 50.2 Å². The molecule has 0 atom stereocenters. The average Bonchev–Trinajstić information content (AvgIpc) is 2.64. The maximum absolute atomic E-state index is 6.08. The molecule has 17 heavy (non-hydrogen) atoms. The molecule has 0 aliphatic heterocycles. The second-order valence-electron chi connectivity index (χ2n) is 5.84. The van der Waals surface area contributed by atoms with Gasteiger partial charge in [-0.05, 0) is 48.8 Å². The van der Waals surface area contributed by atoms with Gasteiger partial charge in [0, 0.05) is 11.3 Å². The van der Waals surface area contributed by atoms with E-state index in [1.807, 2.05) is 12.1 Å². The van der Waals surface area contributed by atoms with E-state index < -0.39 is 0 Å². The number of hydrogen-bond donors (Lipinski definition) is 1. The second-order valence-corrected chi connectivity index (χ2v) is 5.84. The standard InChI is InChI=1S/C16H23N/c1-12-7-6-8-14(17)15(12)13(2)11-16(3)9-4-5-10-16/h6-8H,2,4-5,9-11,17H2,1,3H3. The van der Waals surface area contributed by atoms with Crippen molar-refractivity contribution in [3.05, 3.63) is 35.9 Å². The van der Waals surface area contributed by atoms with Crippen LogP contribution in [0.15, 0.2) is 24.8 Å². The first-order chi connectivity index (χ1) is 8.02. The van der Waals surface area contributed by atoms with Crippen LogP contribution < -0.4 is 5.73 Å². The predicted molar refractivity (Wildman–Crippen MR) is 75.8 cm³/mol. The maximum Gasteiger partial charge on any atom is 0.0392 e. The monoisotopic (exact) mass is 229 g/mol. The van der Waals surface area contributed by atoms with Crippen LogP contribution in [0.4, 0.5) is 5.69 Å². The van der Waals surface area contributed by atoms with Crippen LogP contribution in [0.5, 0.6) is 0 Å². The molecule has 0 spiro atoms. The lowest BCUT2D eigenvalue weighted by Crippen LogP contribution is -2.12. The molecule has 0 bridgehead atoms. The van der Waals surface area contributed by atoms with Crippen molar-refractivity contribution >= 4 is 11.3 Å².